The molecule has 0 saturated heterocycles. The van der Waals surface area contributed by atoms with Gasteiger partial charge in [-0.05, 0) is 25.8 Å². The SMILES string of the molecule is CC(C)OCC(=O)NC1CC1c1ccccc1. The molecule has 1 saturated carbocycles. The molecule has 0 spiro atoms. The Bertz CT molecular complexity index is 375. The predicted molar refractivity (Wildman–Crippen MR) is 66.8 cm³/mol. The lowest BCUT2D eigenvalue weighted by Gasteiger charge is -2.08. The van der Waals surface area contributed by atoms with E-state index in [1.165, 1.54) is 5.56 Å². The van der Waals surface area contributed by atoms with Crippen LogP contribution < -0.4 is 5.32 Å². The minimum Gasteiger partial charge on any atom is -0.369 e. The third-order valence-corrected chi connectivity index (χ3v) is 2.91. The normalized spacial score (nSPS) is 22.5. The van der Waals surface area contributed by atoms with E-state index >= 15 is 0 Å². The number of ether oxygens (including phenoxy) is 1. The Kier molecular flexibility index (Phi) is 3.79. The first-order valence-electron chi connectivity index (χ1n) is 6.12. The summed E-state index contributed by atoms with van der Waals surface area (Å²) in [7, 11) is 0. The molecule has 17 heavy (non-hydrogen) atoms. The number of amides is 1. The topological polar surface area (TPSA) is 38.3 Å². The highest BCUT2D eigenvalue weighted by Gasteiger charge is 2.39. The summed E-state index contributed by atoms with van der Waals surface area (Å²) in [4.78, 5) is 11.5. The molecule has 92 valence electrons. The van der Waals surface area contributed by atoms with Crippen molar-refractivity contribution in [3.8, 4) is 0 Å². The highest BCUT2D eigenvalue weighted by molar-refractivity contribution is 5.78. The number of carbonyl (C=O) groups excluding carboxylic acids is 1. The number of nitrogens with one attached hydrogen (secondary N) is 1. The number of hydrogen-bond acceptors (Lipinski definition) is 2. The van der Waals surface area contributed by atoms with Gasteiger partial charge in [0.15, 0.2) is 0 Å². The molecule has 0 radical (unpaired) electrons. The summed E-state index contributed by atoms with van der Waals surface area (Å²) in [5.74, 6) is 0.473. The Morgan fingerprint density at radius 2 is 2.12 bits per heavy atom. The van der Waals surface area contributed by atoms with Crippen molar-refractivity contribution in [3.05, 3.63) is 35.9 Å². The van der Waals surface area contributed by atoms with Gasteiger partial charge in [0.2, 0.25) is 5.91 Å². The molecule has 1 aliphatic carbocycles. The first-order valence-corrected chi connectivity index (χ1v) is 6.12. The number of benzene rings is 1. The minimum atomic E-state index is -0.0119. The third-order valence-electron chi connectivity index (χ3n) is 2.91. The Morgan fingerprint density at radius 3 is 2.76 bits per heavy atom. The molecule has 0 heterocycles. The van der Waals surface area contributed by atoms with Gasteiger partial charge in [0, 0.05) is 12.0 Å². The van der Waals surface area contributed by atoms with Crippen LogP contribution in [0, 0.1) is 0 Å². The van der Waals surface area contributed by atoms with Crippen molar-refractivity contribution in [2.24, 2.45) is 0 Å². The van der Waals surface area contributed by atoms with E-state index < -0.39 is 0 Å². The molecule has 0 aliphatic heterocycles. The fourth-order valence-corrected chi connectivity index (χ4v) is 1.91. The van der Waals surface area contributed by atoms with Gasteiger partial charge in [0.1, 0.15) is 6.61 Å². The largest absolute Gasteiger partial charge is 0.369 e. The van der Waals surface area contributed by atoms with Crippen molar-refractivity contribution in [2.45, 2.75) is 38.3 Å². The number of rotatable bonds is 5. The molecule has 0 aromatic heterocycles. The highest BCUT2D eigenvalue weighted by Crippen LogP contribution is 2.40. The lowest BCUT2D eigenvalue weighted by atomic mass is 10.1. The molecule has 1 aromatic rings. The fraction of sp³-hybridized carbons (Fsp3) is 0.500. The van der Waals surface area contributed by atoms with Crippen LogP contribution in [0.25, 0.3) is 0 Å². The molecular formula is C14H19NO2. The second-order valence-corrected chi connectivity index (χ2v) is 4.79. The van der Waals surface area contributed by atoms with Gasteiger partial charge in [-0.3, -0.25) is 4.79 Å². The Hall–Kier alpha value is -1.35. The molecule has 3 heteroatoms. The van der Waals surface area contributed by atoms with E-state index in [0.29, 0.717) is 12.0 Å². The van der Waals surface area contributed by atoms with Gasteiger partial charge < -0.3 is 10.1 Å². The Morgan fingerprint density at radius 1 is 1.41 bits per heavy atom. The maximum Gasteiger partial charge on any atom is 0.246 e. The molecule has 2 unspecified atom stereocenters. The molecular weight excluding hydrogens is 214 g/mol. The van der Waals surface area contributed by atoms with Crippen LogP contribution in [0.2, 0.25) is 0 Å². The van der Waals surface area contributed by atoms with Gasteiger partial charge in [-0.2, -0.15) is 0 Å². The molecule has 1 fully saturated rings. The summed E-state index contributed by atoms with van der Waals surface area (Å²) in [5.41, 5.74) is 1.31. The zero-order valence-electron chi connectivity index (χ0n) is 10.3. The van der Waals surface area contributed by atoms with Crippen LogP contribution in [-0.2, 0) is 9.53 Å². The van der Waals surface area contributed by atoms with E-state index in [-0.39, 0.29) is 18.6 Å². The van der Waals surface area contributed by atoms with Crippen LogP contribution in [0.5, 0.6) is 0 Å². The first kappa shape index (κ1) is 12.1. The van der Waals surface area contributed by atoms with Gasteiger partial charge in [-0.1, -0.05) is 30.3 Å². The van der Waals surface area contributed by atoms with Crippen LogP contribution in [0.3, 0.4) is 0 Å². The monoisotopic (exact) mass is 233 g/mol. The predicted octanol–water partition coefficient (Wildman–Crippen LogP) is 2.08. The molecule has 1 aromatic carbocycles. The first-order chi connectivity index (χ1) is 8.16. The molecule has 0 bridgehead atoms. The zero-order valence-corrected chi connectivity index (χ0v) is 10.3. The zero-order chi connectivity index (χ0) is 12.3. The maximum atomic E-state index is 11.5. The molecule has 1 amide bonds. The molecule has 3 nitrogen and oxygen atoms in total. The lowest BCUT2D eigenvalue weighted by molar-refractivity contribution is -0.127. The van der Waals surface area contributed by atoms with E-state index in [0.717, 1.165) is 6.42 Å². The van der Waals surface area contributed by atoms with Crippen LogP contribution in [-0.4, -0.2) is 24.7 Å². The highest BCUT2D eigenvalue weighted by atomic mass is 16.5. The summed E-state index contributed by atoms with van der Waals surface area (Å²) in [6.45, 7) is 4.02. The van der Waals surface area contributed by atoms with Gasteiger partial charge in [-0.25, -0.2) is 0 Å². The van der Waals surface area contributed by atoms with Crippen molar-refractivity contribution in [2.75, 3.05) is 6.61 Å². The second-order valence-electron chi connectivity index (χ2n) is 4.79. The van der Waals surface area contributed by atoms with Gasteiger partial charge in [0.05, 0.1) is 6.10 Å². The number of hydrogen-bond donors (Lipinski definition) is 1. The van der Waals surface area contributed by atoms with Crippen LogP contribution in [0.4, 0.5) is 0 Å². The third kappa shape index (κ3) is 3.56. The average Bonchev–Trinajstić information content (AvgIpc) is 3.07. The Balaban J connectivity index is 1.75. The van der Waals surface area contributed by atoms with Crippen molar-refractivity contribution >= 4 is 5.91 Å². The smallest absolute Gasteiger partial charge is 0.246 e. The van der Waals surface area contributed by atoms with Crippen molar-refractivity contribution in [1.29, 1.82) is 0 Å². The lowest BCUT2D eigenvalue weighted by Crippen LogP contribution is -2.31. The summed E-state index contributed by atoms with van der Waals surface area (Å²) in [5, 5.41) is 2.99. The number of carbonyl (C=O) groups is 1. The van der Waals surface area contributed by atoms with Crippen molar-refractivity contribution in [3.63, 3.8) is 0 Å². The molecule has 2 atom stereocenters. The van der Waals surface area contributed by atoms with Crippen LogP contribution >= 0.6 is 0 Å². The van der Waals surface area contributed by atoms with Gasteiger partial charge >= 0.3 is 0 Å². The van der Waals surface area contributed by atoms with Crippen molar-refractivity contribution < 1.29 is 9.53 Å². The quantitative estimate of drug-likeness (QED) is 0.845. The minimum absolute atomic E-state index is 0.0119. The van der Waals surface area contributed by atoms with E-state index in [1.54, 1.807) is 0 Å². The maximum absolute atomic E-state index is 11.5. The summed E-state index contributed by atoms with van der Waals surface area (Å²) >= 11 is 0. The molecule has 1 aliphatic rings. The molecule has 2 rings (SSSR count). The standard InChI is InChI=1S/C14H19NO2/c1-10(2)17-9-14(16)15-13-8-12(13)11-6-4-3-5-7-11/h3-7,10,12-13H,8-9H2,1-2H3,(H,15,16). The summed E-state index contributed by atoms with van der Waals surface area (Å²) in [6.07, 6.45) is 1.14. The van der Waals surface area contributed by atoms with E-state index in [4.69, 9.17) is 4.74 Å². The van der Waals surface area contributed by atoms with Gasteiger partial charge in [0.25, 0.3) is 0 Å². The van der Waals surface area contributed by atoms with E-state index in [9.17, 15) is 4.79 Å². The fourth-order valence-electron chi connectivity index (χ4n) is 1.91. The van der Waals surface area contributed by atoms with Crippen molar-refractivity contribution in [1.82, 2.24) is 5.32 Å². The van der Waals surface area contributed by atoms with E-state index in [2.05, 4.69) is 17.4 Å². The summed E-state index contributed by atoms with van der Waals surface area (Å²) < 4.78 is 5.26. The summed E-state index contributed by atoms with van der Waals surface area (Å²) in [6, 6.07) is 10.6. The van der Waals surface area contributed by atoms with Gasteiger partial charge in [-0.15, -0.1) is 0 Å². The Labute approximate surface area is 102 Å². The second kappa shape index (κ2) is 5.32. The van der Waals surface area contributed by atoms with Crippen LogP contribution in [0.1, 0.15) is 31.7 Å². The average molecular weight is 233 g/mol. The van der Waals surface area contributed by atoms with E-state index in [1.807, 2.05) is 32.0 Å². The van der Waals surface area contributed by atoms with Crippen LogP contribution in [0.15, 0.2) is 30.3 Å². The molecule has 1 N–H and O–H groups in total.